The third-order valence-corrected chi connectivity index (χ3v) is 6.51. The van der Waals surface area contributed by atoms with Crippen molar-refractivity contribution in [3.05, 3.63) is 59.2 Å². The summed E-state index contributed by atoms with van der Waals surface area (Å²) in [4.78, 5) is 21.9. The molecule has 0 aliphatic carbocycles. The third kappa shape index (κ3) is 3.92. The van der Waals surface area contributed by atoms with E-state index in [1.807, 2.05) is 54.0 Å². The minimum absolute atomic E-state index is 0.212. The van der Waals surface area contributed by atoms with Gasteiger partial charge in [0.2, 0.25) is 0 Å². The van der Waals surface area contributed by atoms with Crippen molar-refractivity contribution in [1.82, 2.24) is 19.9 Å². The first kappa shape index (κ1) is 19.7. The van der Waals surface area contributed by atoms with Gasteiger partial charge in [0.15, 0.2) is 5.13 Å². The van der Waals surface area contributed by atoms with E-state index in [0.717, 1.165) is 53.8 Å². The summed E-state index contributed by atoms with van der Waals surface area (Å²) in [5, 5.41) is 4.00. The average Bonchev–Trinajstić information content (AvgIpc) is 3.39. The average molecular weight is 434 g/mol. The summed E-state index contributed by atoms with van der Waals surface area (Å²) in [7, 11) is 0. The number of rotatable bonds is 5. The minimum atomic E-state index is -0.486. The van der Waals surface area contributed by atoms with Crippen molar-refractivity contribution in [3.63, 3.8) is 0 Å². The van der Waals surface area contributed by atoms with E-state index in [9.17, 15) is 4.79 Å². The van der Waals surface area contributed by atoms with Crippen LogP contribution in [0.2, 0.25) is 0 Å². The Morgan fingerprint density at radius 1 is 1.23 bits per heavy atom. The molecule has 4 aromatic rings. The molecule has 158 valence electrons. The van der Waals surface area contributed by atoms with Crippen LogP contribution in [0.5, 0.6) is 5.75 Å². The number of hydrogen-bond acceptors (Lipinski definition) is 6. The number of thiazole rings is 1. The van der Waals surface area contributed by atoms with E-state index >= 15 is 0 Å². The molecule has 5 rings (SSSR count). The van der Waals surface area contributed by atoms with Gasteiger partial charge in [-0.2, -0.15) is 0 Å². The van der Waals surface area contributed by atoms with E-state index in [1.54, 1.807) is 6.33 Å². The predicted molar refractivity (Wildman–Crippen MR) is 122 cm³/mol. The minimum Gasteiger partial charge on any atom is -0.490 e. The van der Waals surface area contributed by atoms with Crippen LogP contribution >= 0.6 is 11.3 Å². The fourth-order valence-corrected chi connectivity index (χ4v) is 4.81. The fourth-order valence-electron chi connectivity index (χ4n) is 3.89. The zero-order valence-electron chi connectivity index (χ0n) is 17.2. The lowest BCUT2D eigenvalue weighted by atomic mass is 10.1. The maximum Gasteiger partial charge on any atom is 0.261 e. The molecule has 0 spiro atoms. The van der Waals surface area contributed by atoms with Crippen LogP contribution in [0.1, 0.15) is 28.1 Å². The Balaban J connectivity index is 1.55. The summed E-state index contributed by atoms with van der Waals surface area (Å²) in [6.07, 6.45) is 3.92. The molecule has 0 bridgehead atoms. The number of amides is 1. The first-order valence-electron chi connectivity index (χ1n) is 10.3. The predicted octanol–water partition coefficient (Wildman–Crippen LogP) is 3.69. The van der Waals surface area contributed by atoms with Gasteiger partial charge in [-0.05, 0) is 51.1 Å². The van der Waals surface area contributed by atoms with Crippen LogP contribution in [0.4, 0.5) is 0 Å². The van der Waals surface area contributed by atoms with E-state index in [-0.39, 0.29) is 6.10 Å². The summed E-state index contributed by atoms with van der Waals surface area (Å²) >= 11 is 1.27. The summed E-state index contributed by atoms with van der Waals surface area (Å²) in [6, 6.07) is 13.8. The molecule has 1 fully saturated rings. The van der Waals surface area contributed by atoms with Crippen LogP contribution in [0.25, 0.3) is 27.4 Å². The second-order valence-electron chi connectivity index (χ2n) is 7.74. The molecule has 2 aromatic heterocycles. The highest BCUT2D eigenvalue weighted by Crippen LogP contribution is 2.33. The number of hydrogen-bond donors (Lipinski definition) is 2. The Morgan fingerprint density at radius 2 is 2.06 bits per heavy atom. The quantitative estimate of drug-likeness (QED) is 0.501. The van der Waals surface area contributed by atoms with Crippen molar-refractivity contribution in [2.24, 2.45) is 5.73 Å². The second kappa shape index (κ2) is 8.13. The van der Waals surface area contributed by atoms with Crippen molar-refractivity contribution >= 4 is 28.3 Å². The normalized spacial score (nSPS) is 14.7. The van der Waals surface area contributed by atoms with Crippen molar-refractivity contribution in [2.45, 2.75) is 25.9 Å². The van der Waals surface area contributed by atoms with Crippen LogP contribution in [0.15, 0.2) is 48.8 Å². The van der Waals surface area contributed by atoms with Crippen molar-refractivity contribution < 1.29 is 9.53 Å². The van der Waals surface area contributed by atoms with E-state index < -0.39 is 5.91 Å². The van der Waals surface area contributed by atoms with E-state index in [0.29, 0.717) is 15.7 Å². The molecule has 3 heterocycles. The molecule has 1 saturated heterocycles. The number of nitrogens with two attached hydrogens (primary N) is 1. The van der Waals surface area contributed by atoms with Crippen molar-refractivity contribution in [3.8, 4) is 22.1 Å². The number of piperidine rings is 1. The molecule has 1 aliphatic heterocycles. The van der Waals surface area contributed by atoms with E-state index in [1.165, 1.54) is 11.3 Å². The van der Waals surface area contributed by atoms with Gasteiger partial charge in [0.05, 0.1) is 16.7 Å². The molecule has 2 aromatic carbocycles. The Kier molecular flexibility index (Phi) is 5.17. The van der Waals surface area contributed by atoms with Gasteiger partial charge in [-0.1, -0.05) is 35.1 Å². The van der Waals surface area contributed by atoms with Gasteiger partial charge in [0, 0.05) is 11.6 Å². The first-order valence-corrected chi connectivity index (χ1v) is 11.1. The maximum absolute atomic E-state index is 12.1. The lowest BCUT2D eigenvalue weighted by Crippen LogP contribution is -2.34. The molecular formula is C23H23N5O2S. The van der Waals surface area contributed by atoms with Gasteiger partial charge >= 0.3 is 0 Å². The fraction of sp³-hybridized carbons (Fsp3) is 0.261. The highest BCUT2D eigenvalue weighted by molar-refractivity contribution is 7.16. The molecule has 1 aliphatic rings. The van der Waals surface area contributed by atoms with Crippen LogP contribution in [-0.4, -0.2) is 39.6 Å². The van der Waals surface area contributed by atoms with Crippen LogP contribution < -0.4 is 15.8 Å². The monoisotopic (exact) mass is 433 g/mol. The third-order valence-electron chi connectivity index (χ3n) is 5.44. The number of ether oxygens (including phenoxy) is 1. The molecule has 8 heteroatoms. The number of primary amides is 1. The van der Waals surface area contributed by atoms with E-state index in [2.05, 4.69) is 10.3 Å². The topological polar surface area (TPSA) is 95.1 Å². The first-order chi connectivity index (χ1) is 15.1. The lowest BCUT2D eigenvalue weighted by molar-refractivity contribution is 0.100. The molecule has 31 heavy (non-hydrogen) atoms. The molecule has 7 nitrogen and oxygen atoms in total. The van der Waals surface area contributed by atoms with Crippen LogP contribution in [0, 0.1) is 6.92 Å². The highest BCUT2D eigenvalue weighted by Gasteiger charge is 2.20. The SMILES string of the molecule is Cc1cccc(-c2nc(-n3cnc4ccc(OC5CCNCC5)cc43)sc2C(N)=O)c1. The van der Waals surface area contributed by atoms with Gasteiger partial charge in [0.1, 0.15) is 23.1 Å². The zero-order valence-corrected chi connectivity index (χ0v) is 18.0. The van der Waals surface area contributed by atoms with E-state index in [4.69, 9.17) is 15.5 Å². The number of carbonyl (C=O) groups is 1. The van der Waals surface area contributed by atoms with Gasteiger partial charge < -0.3 is 15.8 Å². The molecular weight excluding hydrogens is 410 g/mol. The smallest absolute Gasteiger partial charge is 0.261 e. The number of imidazole rings is 1. The Labute approximate surface area is 183 Å². The lowest BCUT2D eigenvalue weighted by Gasteiger charge is -2.23. The Morgan fingerprint density at radius 3 is 2.84 bits per heavy atom. The van der Waals surface area contributed by atoms with Crippen LogP contribution in [-0.2, 0) is 0 Å². The molecule has 1 amide bonds. The standard InChI is InChI=1S/C23H23N5O2S/c1-14-3-2-4-15(11-14)20-21(22(24)29)31-23(27-20)28-13-26-18-6-5-17(12-19(18)28)30-16-7-9-25-10-8-16/h2-6,11-13,16,25H,7-10H2,1H3,(H2,24,29). The Hall–Kier alpha value is -3.23. The number of nitrogens with one attached hydrogen (secondary N) is 1. The van der Waals surface area contributed by atoms with Crippen molar-refractivity contribution in [2.75, 3.05) is 13.1 Å². The zero-order chi connectivity index (χ0) is 21.4. The van der Waals surface area contributed by atoms with Gasteiger partial charge in [0.25, 0.3) is 5.91 Å². The largest absolute Gasteiger partial charge is 0.490 e. The maximum atomic E-state index is 12.1. The number of carbonyl (C=O) groups excluding carboxylic acids is 1. The second-order valence-corrected chi connectivity index (χ2v) is 8.72. The highest BCUT2D eigenvalue weighted by atomic mass is 32.1. The van der Waals surface area contributed by atoms with Gasteiger partial charge in [-0.15, -0.1) is 0 Å². The summed E-state index contributed by atoms with van der Waals surface area (Å²) < 4.78 is 8.09. The number of nitrogens with zero attached hydrogens (tertiary/aromatic N) is 3. The summed E-state index contributed by atoms with van der Waals surface area (Å²) in [5.74, 6) is 0.325. The van der Waals surface area contributed by atoms with Gasteiger partial charge in [-0.25, -0.2) is 9.97 Å². The Bertz CT molecular complexity index is 1260. The molecule has 0 saturated carbocycles. The molecule has 0 unspecified atom stereocenters. The van der Waals surface area contributed by atoms with Crippen LogP contribution in [0.3, 0.4) is 0 Å². The summed E-state index contributed by atoms with van der Waals surface area (Å²) in [6.45, 7) is 3.96. The number of aromatic nitrogens is 3. The number of benzene rings is 2. The van der Waals surface area contributed by atoms with Crippen molar-refractivity contribution in [1.29, 1.82) is 0 Å². The number of fused-ring (bicyclic) bond motifs is 1. The van der Waals surface area contributed by atoms with Gasteiger partial charge in [-0.3, -0.25) is 9.36 Å². The molecule has 0 atom stereocenters. The molecule has 0 radical (unpaired) electrons. The summed E-state index contributed by atoms with van der Waals surface area (Å²) in [5.41, 5.74) is 9.96. The number of aryl methyl sites for hydroxylation is 1. The molecule has 3 N–H and O–H groups in total.